The molecule has 0 spiro atoms. The minimum atomic E-state index is 0.131. The van der Waals surface area contributed by atoms with E-state index >= 15 is 0 Å². The topological polar surface area (TPSA) is 49.6 Å². The third-order valence-corrected chi connectivity index (χ3v) is 3.76. The molecule has 1 aliphatic heterocycles. The van der Waals surface area contributed by atoms with Gasteiger partial charge < -0.3 is 10.6 Å². The van der Waals surface area contributed by atoms with Crippen LogP contribution in [0.1, 0.15) is 29.8 Å². The van der Waals surface area contributed by atoms with Crippen LogP contribution in [-0.4, -0.2) is 48.4 Å². The molecule has 1 heterocycles. The molecule has 1 saturated heterocycles. The summed E-state index contributed by atoms with van der Waals surface area (Å²) in [5.74, 6) is 0.809. The zero-order chi connectivity index (χ0) is 14.7. The second-order valence-electron chi connectivity index (χ2n) is 6.06. The van der Waals surface area contributed by atoms with Crippen LogP contribution in [0.5, 0.6) is 0 Å². The number of carbonyl (C=O) groups excluding carboxylic acids is 1. The molecule has 0 aromatic heterocycles. The van der Waals surface area contributed by atoms with Gasteiger partial charge in [0.25, 0.3) is 5.91 Å². The van der Waals surface area contributed by atoms with Gasteiger partial charge in [0.1, 0.15) is 0 Å². The number of hydrogen-bond acceptors (Lipinski definition) is 3. The van der Waals surface area contributed by atoms with Crippen molar-refractivity contribution >= 4 is 11.6 Å². The number of aryl methyl sites for hydroxylation is 1. The minimum Gasteiger partial charge on any atom is -0.399 e. The summed E-state index contributed by atoms with van der Waals surface area (Å²) in [6.07, 6.45) is 0. The number of nitrogens with zero attached hydrogens (tertiary/aromatic N) is 2. The summed E-state index contributed by atoms with van der Waals surface area (Å²) >= 11 is 0. The van der Waals surface area contributed by atoms with Crippen LogP contribution in [0.4, 0.5) is 5.69 Å². The second-order valence-corrected chi connectivity index (χ2v) is 6.06. The molecule has 0 radical (unpaired) electrons. The number of anilines is 1. The van der Waals surface area contributed by atoms with Gasteiger partial charge in [-0.2, -0.15) is 0 Å². The SMILES string of the molecule is Cc1cc(N)ccc1C(=O)N1CCN(CC(C)C)CC1. The van der Waals surface area contributed by atoms with Crippen molar-refractivity contribution < 1.29 is 4.79 Å². The zero-order valence-corrected chi connectivity index (χ0v) is 12.7. The fraction of sp³-hybridized carbons (Fsp3) is 0.562. The Balaban J connectivity index is 1.98. The lowest BCUT2D eigenvalue weighted by Crippen LogP contribution is -2.49. The molecule has 0 bridgehead atoms. The van der Waals surface area contributed by atoms with Crippen molar-refractivity contribution in [2.45, 2.75) is 20.8 Å². The normalized spacial score (nSPS) is 16.7. The van der Waals surface area contributed by atoms with Gasteiger partial charge in [-0.15, -0.1) is 0 Å². The highest BCUT2D eigenvalue weighted by atomic mass is 16.2. The number of nitrogen functional groups attached to an aromatic ring is 1. The number of carbonyl (C=O) groups is 1. The van der Waals surface area contributed by atoms with Crippen LogP contribution in [0.3, 0.4) is 0 Å². The highest BCUT2D eigenvalue weighted by Gasteiger charge is 2.23. The van der Waals surface area contributed by atoms with Gasteiger partial charge in [-0.25, -0.2) is 0 Å². The van der Waals surface area contributed by atoms with E-state index < -0.39 is 0 Å². The molecule has 1 aromatic rings. The summed E-state index contributed by atoms with van der Waals surface area (Å²) in [5, 5.41) is 0. The molecule has 4 nitrogen and oxygen atoms in total. The number of amides is 1. The molecule has 0 saturated carbocycles. The smallest absolute Gasteiger partial charge is 0.254 e. The molecule has 0 aliphatic carbocycles. The van der Waals surface area contributed by atoms with E-state index in [-0.39, 0.29) is 5.91 Å². The summed E-state index contributed by atoms with van der Waals surface area (Å²) < 4.78 is 0. The quantitative estimate of drug-likeness (QED) is 0.858. The van der Waals surface area contributed by atoms with Gasteiger partial charge in [0.05, 0.1) is 0 Å². The first-order valence-corrected chi connectivity index (χ1v) is 7.35. The van der Waals surface area contributed by atoms with Gasteiger partial charge in [0.15, 0.2) is 0 Å². The van der Waals surface area contributed by atoms with Gasteiger partial charge in [-0.05, 0) is 36.6 Å². The first-order chi connectivity index (χ1) is 9.47. The van der Waals surface area contributed by atoms with Crippen molar-refractivity contribution in [2.75, 3.05) is 38.5 Å². The fourth-order valence-electron chi connectivity index (χ4n) is 2.75. The highest BCUT2D eigenvalue weighted by molar-refractivity contribution is 5.96. The molecule has 4 heteroatoms. The summed E-state index contributed by atoms with van der Waals surface area (Å²) in [5.41, 5.74) is 8.18. The molecule has 1 amide bonds. The number of nitrogens with two attached hydrogens (primary N) is 1. The number of hydrogen-bond donors (Lipinski definition) is 1. The largest absolute Gasteiger partial charge is 0.399 e. The predicted octanol–water partition coefficient (Wildman–Crippen LogP) is 1.99. The minimum absolute atomic E-state index is 0.131. The average molecular weight is 275 g/mol. The molecule has 1 fully saturated rings. The Bertz CT molecular complexity index is 477. The van der Waals surface area contributed by atoms with Gasteiger partial charge in [0.2, 0.25) is 0 Å². The molecule has 1 aliphatic rings. The van der Waals surface area contributed by atoms with Crippen LogP contribution in [0.25, 0.3) is 0 Å². The lowest BCUT2D eigenvalue weighted by molar-refractivity contribution is 0.0623. The fourth-order valence-corrected chi connectivity index (χ4v) is 2.75. The first kappa shape index (κ1) is 14.9. The third kappa shape index (κ3) is 3.51. The van der Waals surface area contributed by atoms with Crippen molar-refractivity contribution in [3.8, 4) is 0 Å². The second kappa shape index (κ2) is 6.27. The Kier molecular flexibility index (Phi) is 4.65. The van der Waals surface area contributed by atoms with E-state index in [9.17, 15) is 4.79 Å². The monoisotopic (exact) mass is 275 g/mol. The summed E-state index contributed by atoms with van der Waals surface area (Å²) in [6.45, 7) is 11.1. The predicted molar refractivity (Wildman–Crippen MR) is 82.8 cm³/mol. The summed E-state index contributed by atoms with van der Waals surface area (Å²) in [6, 6.07) is 5.50. The van der Waals surface area contributed by atoms with Crippen LogP contribution in [0, 0.1) is 12.8 Å². The lowest BCUT2D eigenvalue weighted by Gasteiger charge is -2.35. The highest BCUT2D eigenvalue weighted by Crippen LogP contribution is 2.16. The Morgan fingerprint density at radius 2 is 1.90 bits per heavy atom. The van der Waals surface area contributed by atoms with Crippen LogP contribution in [0.15, 0.2) is 18.2 Å². The van der Waals surface area contributed by atoms with E-state index in [1.807, 2.05) is 24.0 Å². The van der Waals surface area contributed by atoms with Crippen LogP contribution in [0.2, 0.25) is 0 Å². The van der Waals surface area contributed by atoms with E-state index in [0.717, 1.165) is 43.9 Å². The number of rotatable bonds is 3. The van der Waals surface area contributed by atoms with E-state index in [1.165, 1.54) is 0 Å². The van der Waals surface area contributed by atoms with Crippen molar-refractivity contribution in [1.29, 1.82) is 0 Å². The van der Waals surface area contributed by atoms with Crippen LogP contribution < -0.4 is 5.73 Å². The third-order valence-electron chi connectivity index (χ3n) is 3.76. The van der Waals surface area contributed by atoms with Gasteiger partial charge >= 0.3 is 0 Å². The van der Waals surface area contributed by atoms with Crippen molar-refractivity contribution in [3.63, 3.8) is 0 Å². The Morgan fingerprint density at radius 3 is 2.45 bits per heavy atom. The summed E-state index contributed by atoms with van der Waals surface area (Å²) in [4.78, 5) is 16.9. The molecular weight excluding hydrogens is 250 g/mol. The standard InChI is InChI=1S/C16H25N3O/c1-12(2)11-18-6-8-19(9-7-18)16(20)15-5-4-14(17)10-13(15)3/h4-5,10,12H,6-9,11,17H2,1-3H3. The summed E-state index contributed by atoms with van der Waals surface area (Å²) in [7, 11) is 0. The van der Waals surface area contributed by atoms with Gasteiger partial charge in [-0.1, -0.05) is 13.8 Å². The van der Waals surface area contributed by atoms with E-state index in [0.29, 0.717) is 11.6 Å². The Morgan fingerprint density at radius 1 is 1.25 bits per heavy atom. The first-order valence-electron chi connectivity index (χ1n) is 7.35. The number of benzene rings is 1. The van der Waals surface area contributed by atoms with Crippen molar-refractivity contribution in [1.82, 2.24) is 9.80 Å². The van der Waals surface area contributed by atoms with Crippen molar-refractivity contribution in [2.24, 2.45) is 5.92 Å². The van der Waals surface area contributed by atoms with Crippen molar-refractivity contribution in [3.05, 3.63) is 29.3 Å². The van der Waals surface area contributed by atoms with E-state index in [1.54, 1.807) is 6.07 Å². The zero-order valence-electron chi connectivity index (χ0n) is 12.7. The molecular formula is C16H25N3O. The van der Waals surface area contributed by atoms with E-state index in [4.69, 9.17) is 5.73 Å². The number of piperazine rings is 1. The van der Waals surface area contributed by atoms with Crippen LogP contribution in [-0.2, 0) is 0 Å². The van der Waals surface area contributed by atoms with Gasteiger partial charge in [-0.3, -0.25) is 9.69 Å². The molecule has 2 rings (SSSR count). The van der Waals surface area contributed by atoms with Crippen LogP contribution >= 0.6 is 0 Å². The maximum atomic E-state index is 12.5. The molecule has 2 N–H and O–H groups in total. The molecule has 0 unspecified atom stereocenters. The average Bonchev–Trinajstić information content (AvgIpc) is 2.38. The maximum Gasteiger partial charge on any atom is 0.254 e. The maximum absolute atomic E-state index is 12.5. The lowest BCUT2D eigenvalue weighted by atomic mass is 10.1. The van der Waals surface area contributed by atoms with Gasteiger partial charge in [0, 0.05) is 44.0 Å². The Hall–Kier alpha value is -1.55. The Labute approximate surface area is 121 Å². The molecule has 1 aromatic carbocycles. The molecule has 0 atom stereocenters. The van der Waals surface area contributed by atoms with E-state index in [2.05, 4.69) is 18.7 Å². The molecule has 20 heavy (non-hydrogen) atoms. The molecule has 110 valence electrons.